The van der Waals surface area contributed by atoms with Crippen LogP contribution in [-0.2, 0) is 58.8 Å². The highest BCUT2D eigenvalue weighted by Gasteiger charge is 2.05. The van der Waals surface area contributed by atoms with Crippen LogP contribution in [0.2, 0.25) is 0 Å². The Bertz CT molecular complexity index is 724. The van der Waals surface area contributed by atoms with Crippen LogP contribution in [0.3, 0.4) is 0 Å². The SMILES string of the molecule is CCCCCC(=O)OCCOCCOCCOCCOCC(O)COCCOCCOCCOCCOCc1ccccc1. The zero-order valence-electron chi connectivity index (χ0n) is 26.7. The van der Waals surface area contributed by atoms with Gasteiger partial charge in [-0.25, -0.2) is 0 Å². The molecule has 0 amide bonds. The Hall–Kier alpha value is -1.71. The van der Waals surface area contributed by atoms with E-state index in [4.69, 9.17) is 47.4 Å². The van der Waals surface area contributed by atoms with Gasteiger partial charge in [0, 0.05) is 6.42 Å². The van der Waals surface area contributed by atoms with Crippen molar-refractivity contribution in [3.05, 3.63) is 35.9 Å². The molecular weight excluding hydrogens is 576 g/mol. The number of unbranched alkanes of at least 4 members (excludes halogenated alkanes) is 2. The number of esters is 1. The Morgan fingerprint density at radius 3 is 1.43 bits per heavy atom. The average Bonchev–Trinajstić information content (AvgIpc) is 3.03. The van der Waals surface area contributed by atoms with E-state index in [1.54, 1.807) is 0 Å². The first kappa shape index (κ1) is 40.3. The monoisotopic (exact) mass is 632 g/mol. The maximum absolute atomic E-state index is 11.5. The summed E-state index contributed by atoms with van der Waals surface area (Å²) in [5.41, 5.74) is 1.15. The summed E-state index contributed by atoms with van der Waals surface area (Å²) >= 11 is 0. The van der Waals surface area contributed by atoms with E-state index in [9.17, 15) is 9.90 Å². The molecule has 0 spiro atoms. The smallest absolute Gasteiger partial charge is 0.305 e. The molecule has 1 aromatic rings. The van der Waals surface area contributed by atoms with Crippen molar-refractivity contribution in [2.75, 3.05) is 119 Å². The fourth-order valence-electron chi connectivity index (χ4n) is 3.49. The first-order valence-corrected chi connectivity index (χ1v) is 15.8. The number of hydrogen-bond acceptors (Lipinski definition) is 12. The van der Waals surface area contributed by atoms with Gasteiger partial charge in [0.2, 0.25) is 0 Å². The van der Waals surface area contributed by atoms with Gasteiger partial charge in [0.15, 0.2) is 0 Å². The Morgan fingerprint density at radius 2 is 0.977 bits per heavy atom. The molecule has 0 saturated heterocycles. The molecule has 0 aliphatic rings. The van der Waals surface area contributed by atoms with Gasteiger partial charge in [-0.3, -0.25) is 4.79 Å². The van der Waals surface area contributed by atoms with E-state index in [1.807, 2.05) is 30.3 Å². The molecule has 0 radical (unpaired) electrons. The molecule has 1 unspecified atom stereocenters. The van der Waals surface area contributed by atoms with Gasteiger partial charge in [0.25, 0.3) is 0 Å². The van der Waals surface area contributed by atoms with E-state index in [2.05, 4.69) is 6.92 Å². The zero-order chi connectivity index (χ0) is 31.6. The molecule has 0 fully saturated rings. The lowest BCUT2D eigenvalue weighted by molar-refractivity contribution is -0.145. The van der Waals surface area contributed by atoms with Gasteiger partial charge in [0.05, 0.1) is 119 Å². The summed E-state index contributed by atoms with van der Waals surface area (Å²) in [6.07, 6.45) is 2.75. The van der Waals surface area contributed by atoms with E-state index in [0.29, 0.717) is 112 Å². The van der Waals surface area contributed by atoms with Gasteiger partial charge in [-0.15, -0.1) is 0 Å². The highest BCUT2D eigenvalue weighted by Crippen LogP contribution is 2.01. The molecule has 1 atom stereocenters. The minimum Gasteiger partial charge on any atom is -0.463 e. The molecule has 1 rings (SSSR count). The molecule has 12 nitrogen and oxygen atoms in total. The lowest BCUT2D eigenvalue weighted by Gasteiger charge is -2.12. The summed E-state index contributed by atoms with van der Waals surface area (Å²) in [7, 11) is 0. The first-order valence-electron chi connectivity index (χ1n) is 15.8. The third-order valence-electron chi connectivity index (χ3n) is 5.81. The van der Waals surface area contributed by atoms with Crippen molar-refractivity contribution in [1.82, 2.24) is 0 Å². The molecule has 1 N–H and O–H groups in total. The Balaban J connectivity index is 1.69. The number of hydrogen-bond donors (Lipinski definition) is 1. The van der Waals surface area contributed by atoms with Crippen molar-refractivity contribution in [3.63, 3.8) is 0 Å². The highest BCUT2D eigenvalue weighted by molar-refractivity contribution is 5.69. The van der Waals surface area contributed by atoms with Crippen LogP contribution < -0.4 is 0 Å². The second-order valence-electron chi connectivity index (χ2n) is 9.69. The molecule has 1 aromatic carbocycles. The van der Waals surface area contributed by atoms with Crippen LogP contribution in [0.5, 0.6) is 0 Å². The minimum atomic E-state index is -0.713. The fourth-order valence-corrected chi connectivity index (χ4v) is 3.49. The average molecular weight is 633 g/mol. The number of benzene rings is 1. The predicted molar refractivity (Wildman–Crippen MR) is 164 cm³/mol. The van der Waals surface area contributed by atoms with Crippen molar-refractivity contribution in [2.45, 2.75) is 45.3 Å². The molecule has 12 heteroatoms. The van der Waals surface area contributed by atoms with E-state index >= 15 is 0 Å². The van der Waals surface area contributed by atoms with Gasteiger partial charge in [-0.1, -0.05) is 50.1 Å². The quantitative estimate of drug-likeness (QED) is 0.0886. The van der Waals surface area contributed by atoms with Gasteiger partial charge in [0.1, 0.15) is 12.7 Å². The Labute approximate surface area is 263 Å². The summed E-state index contributed by atoms with van der Waals surface area (Å²) in [4.78, 5) is 11.5. The number of aliphatic hydroxyl groups excluding tert-OH is 1. The number of rotatable bonds is 34. The van der Waals surface area contributed by atoms with Crippen LogP contribution in [0.4, 0.5) is 0 Å². The molecule has 0 aliphatic heterocycles. The van der Waals surface area contributed by atoms with Crippen LogP contribution in [0, 0.1) is 0 Å². The molecule has 0 aromatic heterocycles. The minimum absolute atomic E-state index is 0.168. The standard InChI is InChI=1S/C32H56O12/c1-2-3-5-10-32(34)44-26-25-40-18-17-36-13-16-39-21-24-43-29-31(33)28-42-23-20-38-15-12-35-11-14-37-19-22-41-27-30-8-6-4-7-9-30/h4,6-9,31,33H,2-3,5,10-29H2,1H3. The summed E-state index contributed by atoms with van der Waals surface area (Å²) < 4.78 is 54.0. The molecule has 0 aliphatic carbocycles. The van der Waals surface area contributed by atoms with Crippen molar-refractivity contribution < 1.29 is 57.3 Å². The number of ether oxygens (including phenoxy) is 10. The number of carbonyl (C=O) groups excluding carboxylic acids is 1. The maximum atomic E-state index is 11.5. The molecule has 0 bridgehead atoms. The van der Waals surface area contributed by atoms with Crippen molar-refractivity contribution in [1.29, 1.82) is 0 Å². The molecule has 0 heterocycles. The van der Waals surface area contributed by atoms with E-state index in [1.165, 1.54) is 0 Å². The van der Waals surface area contributed by atoms with Crippen LogP contribution in [0.25, 0.3) is 0 Å². The molecule has 44 heavy (non-hydrogen) atoms. The molecular formula is C32H56O12. The van der Waals surface area contributed by atoms with Crippen molar-refractivity contribution in [2.24, 2.45) is 0 Å². The first-order chi connectivity index (χ1) is 21.7. The van der Waals surface area contributed by atoms with Gasteiger partial charge in [-0.2, -0.15) is 0 Å². The maximum Gasteiger partial charge on any atom is 0.305 e. The molecule has 0 saturated carbocycles. The third kappa shape index (κ3) is 29.0. The van der Waals surface area contributed by atoms with Crippen molar-refractivity contribution >= 4 is 5.97 Å². The fraction of sp³-hybridized carbons (Fsp3) is 0.781. The number of aliphatic hydroxyl groups is 1. The predicted octanol–water partition coefficient (Wildman–Crippen LogP) is 2.82. The second-order valence-corrected chi connectivity index (χ2v) is 9.69. The Kier molecular flexibility index (Phi) is 29.9. The van der Waals surface area contributed by atoms with Gasteiger partial charge < -0.3 is 52.5 Å². The lowest BCUT2D eigenvalue weighted by Crippen LogP contribution is -2.24. The van der Waals surface area contributed by atoms with Crippen LogP contribution in [-0.4, -0.2) is 136 Å². The largest absolute Gasteiger partial charge is 0.463 e. The summed E-state index contributed by atoms with van der Waals surface area (Å²) in [6, 6.07) is 10.0. The Morgan fingerprint density at radius 1 is 0.568 bits per heavy atom. The van der Waals surface area contributed by atoms with Crippen LogP contribution in [0.15, 0.2) is 30.3 Å². The van der Waals surface area contributed by atoms with Gasteiger partial charge >= 0.3 is 5.97 Å². The summed E-state index contributed by atoms with van der Waals surface area (Å²) in [5.74, 6) is -0.169. The van der Waals surface area contributed by atoms with Crippen LogP contribution >= 0.6 is 0 Å². The summed E-state index contributed by atoms with van der Waals surface area (Å²) in [5, 5.41) is 9.91. The lowest BCUT2D eigenvalue weighted by atomic mass is 10.2. The number of carbonyl (C=O) groups is 1. The highest BCUT2D eigenvalue weighted by atomic mass is 16.6. The topological polar surface area (TPSA) is 130 Å². The normalized spacial score (nSPS) is 12.0. The van der Waals surface area contributed by atoms with E-state index < -0.39 is 6.10 Å². The van der Waals surface area contributed by atoms with Gasteiger partial charge in [-0.05, 0) is 12.0 Å². The zero-order valence-corrected chi connectivity index (χ0v) is 26.7. The van der Waals surface area contributed by atoms with Crippen molar-refractivity contribution in [3.8, 4) is 0 Å². The van der Waals surface area contributed by atoms with E-state index in [-0.39, 0.29) is 25.8 Å². The van der Waals surface area contributed by atoms with E-state index in [0.717, 1.165) is 24.8 Å². The molecule has 256 valence electrons. The third-order valence-corrected chi connectivity index (χ3v) is 5.81. The summed E-state index contributed by atoms with van der Waals surface area (Å²) in [6.45, 7) is 10.0. The second kappa shape index (κ2) is 32.7. The van der Waals surface area contributed by atoms with Crippen LogP contribution in [0.1, 0.15) is 38.2 Å².